The van der Waals surface area contributed by atoms with Crippen molar-refractivity contribution < 1.29 is 18.3 Å². The Morgan fingerprint density at radius 1 is 1.24 bits per heavy atom. The molecule has 5 nitrogen and oxygen atoms in total. The molecule has 1 atom stereocenters. The molecule has 0 fully saturated rings. The fraction of sp³-hybridized carbons (Fsp3) is 0.600. The van der Waals surface area contributed by atoms with Crippen LogP contribution in [0.25, 0.3) is 0 Å². The first-order valence-electron chi connectivity index (χ1n) is 7.12. The Balaban J connectivity index is 2.26. The highest BCUT2D eigenvalue weighted by Gasteiger charge is 2.09. The number of rotatable bonds is 9. The lowest BCUT2D eigenvalue weighted by atomic mass is 10.1. The van der Waals surface area contributed by atoms with E-state index in [-0.39, 0.29) is 18.1 Å². The maximum Gasteiger partial charge on any atom is 0.151 e. The molecule has 6 heteroatoms. The van der Waals surface area contributed by atoms with Crippen LogP contribution < -0.4 is 10.1 Å². The van der Waals surface area contributed by atoms with Gasteiger partial charge in [0, 0.05) is 18.8 Å². The lowest BCUT2D eigenvalue weighted by Gasteiger charge is -2.14. The van der Waals surface area contributed by atoms with E-state index in [1.54, 1.807) is 6.92 Å². The van der Waals surface area contributed by atoms with Crippen molar-refractivity contribution in [1.29, 1.82) is 0 Å². The lowest BCUT2D eigenvalue weighted by Crippen LogP contribution is -2.34. The van der Waals surface area contributed by atoms with E-state index in [0.29, 0.717) is 13.1 Å². The van der Waals surface area contributed by atoms with Crippen molar-refractivity contribution in [2.24, 2.45) is 0 Å². The zero-order valence-corrected chi connectivity index (χ0v) is 13.7. The van der Waals surface area contributed by atoms with Gasteiger partial charge in [0.15, 0.2) is 9.84 Å². The molecular formula is C15H25NO4S. The smallest absolute Gasteiger partial charge is 0.151 e. The van der Waals surface area contributed by atoms with E-state index in [9.17, 15) is 13.5 Å². The van der Waals surface area contributed by atoms with Gasteiger partial charge in [-0.3, -0.25) is 0 Å². The Bertz CT molecular complexity index is 522. The Labute approximate surface area is 127 Å². The first kappa shape index (κ1) is 17.9. The van der Waals surface area contributed by atoms with Gasteiger partial charge < -0.3 is 15.2 Å². The summed E-state index contributed by atoms with van der Waals surface area (Å²) in [6.07, 6.45) is -0.671. The average Bonchev–Trinajstić information content (AvgIpc) is 2.40. The monoisotopic (exact) mass is 315 g/mol. The molecule has 1 rings (SSSR count). The van der Waals surface area contributed by atoms with E-state index >= 15 is 0 Å². The maximum absolute atomic E-state index is 11.3. The minimum atomic E-state index is -2.96. The molecule has 0 amide bonds. The van der Waals surface area contributed by atoms with Gasteiger partial charge in [-0.05, 0) is 37.1 Å². The predicted octanol–water partition coefficient (Wildman–Crippen LogP) is 1.07. The van der Waals surface area contributed by atoms with E-state index in [4.69, 9.17) is 4.74 Å². The summed E-state index contributed by atoms with van der Waals surface area (Å²) in [7, 11) is -2.96. The van der Waals surface area contributed by atoms with Gasteiger partial charge in [0.05, 0.1) is 5.75 Å². The Kier molecular flexibility index (Phi) is 7.14. The number of sulfone groups is 1. The summed E-state index contributed by atoms with van der Waals surface area (Å²) in [5.41, 5.74) is 2.23. The molecule has 1 aromatic rings. The van der Waals surface area contributed by atoms with Crippen molar-refractivity contribution in [3.05, 3.63) is 29.3 Å². The summed E-state index contributed by atoms with van der Waals surface area (Å²) in [6, 6.07) is 5.89. The fourth-order valence-corrected chi connectivity index (χ4v) is 2.65. The third-order valence-corrected chi connectivity index (χ3v) is 4.75. The highest BCUT2D eigenvalue weighted by atomic mass is 32.2. The van der Waals surface area contributed by atoms with Gasteiger partial charge in [-0.25, -0.2) is 8.42 Å². The van der Waals surface area contributed by atoms with Crippen molar-refractivity contribution in [3.63, 3.8) is 0 Å². The topological polar surface area (TPSA) is 75.6 Å². The van der Waals surface area contributed by atoms with Crippen LogP contribution in [0.5, 0.6) is 5.75 Å². The van der Waals surface area contributed by atoms with Crippen molar-refractivity contribution in [2.75, 3.05) is 31.2 Å². The summed E-state index contributed by atoms with van der Waals surface area (Å²) in [5, 5.41) is 12.7. The summed E-state index contributed by atoms with van der Waals surface area (Å²) < 4.78 is 28.1. The quantitative estimate of drug-likeness (QED) is 0.667. The van der Waals surface area contributed by atoms with Crippen LogP contribution in [0.3, 0.4) is 0 Å². The van der Waals surface area contributed by atoms with Gasteiger partial charge >= 0.3 is 0 Å². The molecular weight excluding hydrogens is 290 g/mol. The Hall–Kier alpha value is -1.11. The van der Waals surface area contributed by atoms with Crippen LogP contribution >= 0.6 is 0 Å². The van der Waals surface area contributed by atoms with E-state index in [1.807, 2.05) is 26.0 Å². The molecule has 1 unspecified atom stereocenters. The van der Waals surface area contributed by atoms with Gasteiger partial charge in [-0.1, -0.05) is 13.0 Å². The van der Waals surface area contributed by atoms with Gasteiger partial charge in [0.25, 0.3) is 0 Å². The van der Waals surface area contributed by atoms with Crippen LogP contribution in [0, 0.1) is 13.8 Å². The maximum atomic E-state index is 11.3. The molecule has 0 radical (unpaired) electrons. The van der Waals surface area contributed by atoms with Gasteiger partial charge in [0.1, 0.15) is 18.5 Å². The summed E-state index contributed by atoms with van der Waals surface area (Å²) >= 11 is 0. The minimum absolute atomic E-state index is 0.0914. The number of aliphatic hydroxyl groups excluding tert-OH is 1. The average molecular weight is 315 g/mol. The third kappa shape index (κ3) is 7.45. The summed E-state index contributed by atoms with van der Waals surface area (Å²) in [4.78, 5) is 0. The summed E-state index contributed by atoms with van der Waals surface area (Å²) in [6.45, 7) is 6.44. The number of aliphatic hydroxyl groups is 1. The number of benzene rings is 1. The van der Waals surface area contributed by atoms with E-state index in [0.717, 1.165) is 16.9 Å². The molecule has 0 bridgehead atoms. The first-order valence-corrected chi connectivity index (χ1v) is 8.95. The third-order valence-electron chi connectivity index (χ3n) is 3.05. The van der Waals surface area contributed by atoms with Crippen LogP contribution in [-0.4, -0.2) is 50.8 Å². The second-order valence-corrected chi connectivity index (χ2v) is 7.70. The molecule has 0 saturated carbocycles. The second-order valence-electron chi connectivity index (χ2n) is 5.23. The lowest BCUT2D eigenvalue weighted by molar-refractivity contribution is 0.107. The molecule has 0 aromatic heterocycles. The number of hydrogen-bond acceptors (Lipinski definition) is 5. The van der Waals surface area contributed by atoms with Gasteiger partial charge in [-0.15, -0.1) is 0 Å². The molecule has 21 heavy (non-hydrogen) atoms. The largest absolute Gasteiger partial charge is 0.491 e. The fourth-order valence-electron chi connectivity index (χ4n) is 1.91. The van der Waals surface area contributed by atoms with E-state index in [2.05, 4.69) is 11.4 Å². The zero-order valence-electron chi connectivity index (χ0n) is 12.9. The number of ether oxygens (including phenoxy) is 1. The number of aryl methyl sites for hydroxylation is 2. The van der Waals surface area contributed by atoms with E-state index in [1.165, 1.54) is 0 Å². The van der Waals surface area contributed by atoms with Crippen LogP contribution in [0.4, 0.5) is 0 Å². The first-order chi connectivity index (χ1) is 9.82. The molecule has 0 aliphatic heterocycles. The molecule has 0 saturated heterocycles. The molecule has 2 N–H and O–H groups in total. The summed E-state index contributed by atoms with van der Waals surface area (Å²) in [5.74, 6) is 0.974. The SMILES string of the molecule is CCS(=O)(=O)CCNCC(O)COc1cc(C)cc(C)c1. The molecule has 0 heterocycles. The molecule has 0 spiro atoms. The van der Waals surface area contributed by atoms with Crippen LogP contribution in [0.2, 0.25) is 0 Å². The molecule has 120 valence electrons. The minimum Gasteiger partial charge on any atom is -0.491 e. The van der Waals surface area contributed by atoms with Crippen LogP contribution in [0.1, 0.15) is 18.1 Å². The van der Waals surface area contributed by atoms with Crippen molar-refractivity contribution >= 4 is 9.84 Å². The number of hydrogen-bond donors (Lipinski definition) is 2. The van der Waals surface area contributed by atoms with Crippen LogP contribution in [-0.2, 0) is 9.84 Å². The molecule has 0 aliphatic carbocycles. The second kappa shape index (κ2) is 8.36. The number of nitrogens with one attached hydrogen (secondary N) is 1. The van der Waals surface area contributed by atoms with Crippen molar-refractivity contribution in [3.8, 4) is 5.75 Å². The normalized spacial score (nSPS) is 13.1. The highest BCUT2D eigenvalue weighted by molar-refractivity contribution is 7.91. The standard InChI is InChI=1S/C15H25NO4S/c1-4-21(18,19)6-5-16-10-14(17)11-20-15-8-12(2)7-13(3)9-15/h7-9,14,16-17H,4-6,10-11H2,1-3H3. The zero-order chi connectivity index (χ0) is 15.9. The van der Waals surface area contributed by atoms with Gasteiger partial charge in [-0.2, -0.15) is 0 Å². The Morgan fingerprint density at radius 2 is 1.86 bits per heavy atom. The highest BCUT2D eigenvalue weighted by Crippen LogP contribution is 2.16. The van der Waals surface area contributed by atoms with Crippen molar-refractivity contribution in [1.82, 2.24) is 5.32 Å². The predicted molar refractivity (Wildman–Crippen MR) is 84.6 cm³/mol. The van der Waals surface area contributed by atoms with Crippen molar-refractivity contribution in [2.45, 2.75) is 26.9 Å². The van der Waals surface area contributed by atoms with E-state index < -0.39 is 15.9 Å². The molecule has 0 aliphatic rings. The Morgan fingerprint density at radius 3 is 2.43 bits per heavy atom. The van der Waals surface area contributed by atoms with Crippen LogP contribution in [0.15, 0.2) is 18.2 Å². The molecule has 1 aromatic carbocycles. The van der Waals surface area contributed by atoms with Gasteiger partial charge in [0.2, 0.25) is 0 Å².